The Morgan fingerprint density at radius 3 is 2.52 bits per heavy atom. The first-order chi connectivity index (χ1) is 15.2. The Labute approximate surface area is 183 Å². The first-order valence-corrected chi connectivity index (χ1v) is 11.2. The van der Waals surface area contributed by atoms with E-state index in [-0.39, 0.29) is 18.0 Å². The molecular weight excluding hydrogens is 386 g/mol. The molecule has 2 amide bonds. The van der Waals surface area contributed by atoms with Crippen LogP contribution in [0.25, 0.3) is 5.69 Å². The Hall–Kier alpha value is -3.12. The summed E-state index contributed by atoms with van der Waals surface area (Å²) in [6, 6.07) is 20.4. The number of anilines is 1. The van der Waals surface area contributed by atoms with Crippen molar-refractivity contribution in [2.75, 3.05) is 25.0 Å². The first kappa shape index (κ1) is 19.8. The minimum absolute atomic E-state index is 0.0727. The Bertz CT molecular complexity index is 1050. The summed E-state index contributed by atoms with van der Waals surface area (Å²) in [6.45, 7) is 4.98. The lowest BCUT2D eigenvalue weighted by Gasteiger charge is -2.21. The number of hydrogen-bond donors (Lipinski definition) is 2. The van der Waals surface area contributed by atoms with Crippen molar-refractivity contribution in [3.05, 3.63) is 77.5 Å². The van der Waals surface area contributed by atoms with Gasteiger partial charge in [-0.25, -0.2) is 9.48 Å². The highest BCUT2D eigenvalue weighted by atomic mass is 16.2. The van der Waals surface area contributed by atoms with Gasteiger partial charge in [0.15, 0.2) is 0 Å². The molecule has 0 unspecified atom stereocenters. The van der Waals surface area contributed by atoms with E-state index in [1.165, 1.54) is 11.1 Å². The summed E-state index contributed by atoms with van der Waals surface area (Å²) in [5, 5.41) is 11.2. The largest absolute Gasteiger partial charge is 0.333 e. The first-order valence-electron chi connectivity index (χ1n) is 11.2. The van der Waals surface area contributed by atoms with Gasteiger partial charge >= 0.3 is 6.03 Å². The number of fused-ring (bicyclic) bond motifs is 1. The number of carbonyl (C=O) groups is 1. The fraction of sp³-hybridized carbons (Fsp3) is 0.360. The maximum Gasteiger partial charge on any atom is 0.320 e. The maximum atomic E-state index is 13.1. The van der Waals surface area contributed by atoms with Crippen LogP contribution in [0.15, 0.2) is 60.7 Å². The highest BCUT2D eigenvalue weighted by Gasteiger charge is 2.34. The molecular formula is C25H29N5O. The topological polar surface area (TPSA) is 62.2 Å². The van der Waals surface area contributed by atoms with Crippen LogP contribution in [0.1, 0.15) is 36.1 Å². The number of rotatable bonds is 5. The van der Waals surface area contributed by atoms with Crippen molar-refractivity contribution in [1.82, 2.24) is 20.0 Å². The van der Waals surface area contributed by atoms with Crippen molar-refractivity contribution in [3.8, 4) is 5.69 Å². The lowest BCUT2D eigenvalue weighted by atomic mass is 9.94. The smallest absolute Gasteiger partial charge is 0.320 e. The Kier molecular flexibility index (Phi) is 5.47. The fourth-order valence-electron chi connectivity index (χ4n) is 4.92. The number of likely N-dealkylation sites (tertiary alicyclic amines) is 1. The summed E-state index contributed by atoms with van der Waals surface area (Å²) in [5.41, 5.74) is 4.51. The van der Waals surface area contributed by atoms with Crippen LogP contribution in [0.5, 0.6) is 0 Å². The van der Waals surface area contributed by atoms with Crippen LogP contribution in [-0.4, -0.2) is 46.4 Å². The average Bonchev–Trinajstić information content (AvgIpc) is 3.51. The molecule has 2 heterocycles. The molecule has 2 aromatic carbocycles. The summed E-state index contributed by atoms with van der Waals surface area (Å²) in [5.74, 6) is 1.09. The number of amides is 2. The number of para-hydroxylation sites is 1. The SMILES string of the molecule is CCN1C[C@@H](NC(=O)Nc2c3c(nn2-c2ccccc2)CCC3)[C@H](c2ccccc2)C1. The van der Waals surface area contributed by atoms with Gasteiger partial charge in [-0.05, 0) is 43.5 Å². The third-order valence-electron chi connectivity index (χ3n) is 6.53. The number of aryl methyl sites for hydroxylation is 1. The molecule has 6 heteroatoms. The minimum atomic E-state index is -0.157. The number of benzene rings is 2. The summed E-state index contributed by atoms with van der Waals surface area (Å²) < 4.78 is 1.88. The summed E-state index contributed by atoms with van der Waals surface area (Å²) in [7, 11) is 0. The van der Waals surface area contributed by atoms with E-state index in [1.54, 1.807) is 0 Å². The molecule has 1 aliphatic heterocycles. The van der Waals surface area contributed by atoms with E-state index in [9.17, 15) is 4.79 Å². The van der Waals surface area contributed by atoms with Crippen LogP contribution in [-0.2, 0) is 12.8 Å². The van der Waals surface area contributed by atoms with Gasteiger partial charge in [0.1, 0.15) is 5.82 Å². The second-order valence-electron chi connectivity index (χ2n) is 8.45. The zero-order valence-electron chi connectivity index (χ0n) is 17.9. The van der Waals surface area contributed by atoms with Gasteiger partial charge in [0.05, 0.1) is 17.4 Å². The number of carbonyl (C=O) groups excluding carboxylic acids is 1. The minimum Gasteiger partial charge on any atom is -0.333 e. The zero-order chi connectivity index (χ0) is 21.2. The summed E-state index contributed by atoms with van der Waals surface area (Å²) in [6.07, 6.45) is 3.01. The predicted molar refractivity (Wildman–Crippen MR) is 123 cm³/mol. The van der Waals surface area contributed by atoms with Crippen LogP contribution < -0.4 is 10.6 Å². The van der Waals surface area contributed by atoms with Gasteiger partial charge in [-0.15, -0.1) is 0 Å². The molecule has 1 aromatic heterocycles. The van der Waals surface area contributed by atoms with E-state index in [0.717, 1.165) is 56.1 Å². The van der Waals surface area contributed by atoms with E-state index in [0.29, 0.717) is 0 Å². The van der Waals surface area contributed by atoms with Crippen LogP contribution in [0.4, 0.5) is 10.6 Å². The lowest BCUT2D eigenvalue weighted by Crippen LogP contribution is -2.42. The van der Waals surface area contributed by atoms with Crippen molar-refractivity contribution in [2.45, 2.75) is 38.1 Å². The van der Waals surface area contributed by atoms with Crippen LogP contribution in [0.2, 0.25) is 0 Å². The Morgan fingerprint density at radius 2 is 1.77 bits per heavy atom. The third-order valence-corrected chi connectivity index (χ3v) is 6.53. The second kappa shape index (κ2) is 8.55. The molecule has 6 nitrogen and oxygen atoms in total. The number of aromatic nitrogens is 2. The lowest BCUT2D eigenvalue weighted by molar-refractivity contribution is 0.247. The van der Waals surface area contributed by atoms with E-state index >= 15 is 0 Å². The number of hydrogen-bond acceptors (Lipinski definition) is 3. The standard InChI is InChI=1S/C25H29N5O/c1-2-29-16-21(18-10-5-3-6-11-18)23(17-29)26-25(31)27-24-20-14-9-15-22(20)28-30(24)19-12-7-4-8-13-19/h3-8,10-13,21,23H,2,9,14-17H2,1H3,(H2,26,27,31)/t21-,23+/m0/s1. The van der Waals surface area contributed by atoms with Crippen molar-refractivity contribution in [3.63, 3.8) is 0 Å². The van der Waals surface area contributed by atoms with Crippen molar-refractivity contribution in [2.24, 2.45) is 0 Å². The van der Waals surface area contributed by atoms with Crippen molar-refractivity contribution in [1.29, 1.82) is 0 Å². The number of nitrogens with one attached hydrogen (secondary N) is 2. The van der Waals surface area contributed by atoms with Gasteiger partial charge < -0.3 is 10.2 Å². The maximum absolute atomic E-state index is 13.1. The number of urea groups is 1. The normalized spacial score (nSPS) is 20.5. The molecule has 2 aliphatic rings. The molecule has 2 N–H and O–H groups in total. The van der Waals surface area contributed by atoms with E-state index < -0.39 is 0 Å². The summed E-state index contributed by atoms with van der Waals surface area (Å²) in [4.78, 5) is 15.5. The highest BCUT2D eigenvalue weighted by molar-refractivity contribution is 5.90. The van der Waals surface area contributed by atoms with Crippen LogP contribution in [0.3, 0.4) is 0 Å². The molecule has 3 aromatic rings. The number of nitrogens with zero attached hydrogens (tertiary/aromatic N) is 3. The van der Waals surface area contributed by atoms with Crippen molar-refractivity contribution >= 4 is 11.8 Å². The summed E-state index contributed by atoms with van der Waals surface area (Å²) >= 11 is 0. The zero-order valence-corrected chi connectivity index (χ0v) is 17.9. The van der Waals surface area contributed by atoms with Gasteiger partial charge in [0, 0.05) is 24.6 Å². The Balaban J connectivity index is 1.37. The van der Waals surface area contributed by atoms with Gasteiger partial charge in [-0.3, -0.25) is 5.32 Å². The highest BCUT2D eigenvalue weighted by Crippen LogP contribution is 2.31. The monoisotopic (exact) mass is 415 g/mol. The van der Waals surface area contributed by atoms with Gasteiger partial charge in [0.25, 0.3) is 0 Å². The molecule has 2 atom stereocenters. The predicted octanol–water partition coefficient (Wildman–Crippen LogP) is 3.97. The van der Waals surface area contributed by atoms with Gasteiger partial charge in [0.2, 0.25) is 0 Å². The van der Waals surface area contributed by atoms with E-state index in [4.69, 9.17) is 5.10 Å². The Morgan fingerprint density at radius 1 is 1.03 bits per heavy atom. The fourth-order valence-corrected chi connectivity index (χ4v) is 4.92. The molecule has 1 fully saturated rings. The van der Waals surface area contributed by atoms with Gasteiger partial charge in [-0.2, -0.15) is 5.10 Å². The molecule has 0 radical (unpaired) electrons. The molecule has 5 rings (SSSR count). The molecule has 0 saturated carbocycles. The van der Waals surface area contributed by atoms with E-state index in [2.05, 4.69) is 46.7 Å². The molecule has 31 heavy (non-hydrogen) atoms. The second-order valence-corrected chi connectivity index (χ2v) is 8.45. The molecule has 1 saturated heterocycles. The molecule has 160 valence electrons. The molecule has 0 bridgehead atoms. The molecule has 1 aliphatic carbocycles. The van der Waals surface area contributed by atoms with Crippen LogP contribution in [0, 0.1) is 0 Å². The quantitative estimate of drug-likeness (QED) is 0.663. The third kappa shape index (κ3) is 3.95. The molecule has 0 spiro atoms. The van der Waals surface area contributed by atoms with E-state index in [1.807, 2.05) is 41.1 Å². The number of likely N-dealkylation sites (N-methyl/N-ethyl adjacent to an activating group) is 1. The van der Waals surface area contributed by atoms with Gasteiger partial charge in [-0.1, -0.05) is 55.5 Å². The van der Waals surface area contributed by atoms with Crippen LogP contribution >= 0.6 is 0 Å². The average molecular weight is 416 g/mol. The van der Waals surface area contributed by atoms with Crippen molar-refractivity contribution < 1.29 is 4.79 Å².